The first-order chi connectivity index (χ1) is 4.72. The largest absolute Gasteiger partial charge is 0.376 e. The summed E-state index contributed by atoms with van der Waals surface area (Å²) >= 11 is 0. The Morgan fingerprint density at radius 3 is 2.50 bits per heavy atom. The van der Waals surface area contributed by atoms with Crippen LogP contribution in [0.5, 0.6) is 0 Å². The Morgan fingerprint density at radius 2 is 2.10 bits per heavy atom. The first-order valence-electron chi connectivity index (χ1n) is 3.16. The minimum Gasteiger partial charge on any atom is -0.376 e. The van der Waals surface area contributed by atoms with Gasteiger partial charge in [0.15, 0.2) is 0 Å². The summed E-state index contributed by atoms with van der Waals surface area (Å²) in [5, 5.41) is 14.6. The van der Waals surface area contributed by atoms with E-state index in [2.05, 4.69) is 10.6 Å². The number of hydrogen-bond donors (Lipinski definition) is 4. The smallest absolute Gasteiger partial charge is 0.238 e. The van der Waals surface area contributed by atoms with Gasteiger partial charge in [-0.15, -0.1) is 0 Å². The second-order valence-electron chi connectivity index (χ2n) is 2.23. The summed E-state index contributed by atoms with van der Waals surface area (Å²) in [6.45, 7) is 1.32. The molecule has 5 N–H and O–H groups in total. The van der Waals surface area contributed by atoms with E-state index >= 15 is 0 Å². The van der Waals surface area contributed by atoms with Crippen LogP contribution >= 0.6 is 0 Å². The SMILES string of the molecule is NC(=O)C1NCCNC1O. The fourth-order valence-corrected chi connectivity index (χ4v) is 0.933. The molecule has 58 valence electrons. The van der Waals surface area contributed by atoms with Gasteiger partial charge in [0.1, 0.15) is 12.3 Å². The highest BCUT2D eigenvalue weighted by molar-refractivity contribution is 5.80. The minimum atomic E-state index is -0.841. The van der Waals surface area contributed by atoms with Crippen LogP contribution in [-0.2, 0) is 4.79 Å². The van der Waals surface area contributed by atoms with Crippen LogP contribution in [0, 0.1) is 0 Å². The number of primary amides is 1. The molecule has 2 unspecified atom stereocenters. The molecule has 0 radical (unpaired) electrons. The van der Waals surface area contributed by atoms with Crippen LogP contribution in [-0.4, -0.2) is 36.4 Å². The summed E-state index contributed by atoms with van der Waals surface area (Å²) in [7, 11) is 0. The molecule has 1 aliphatic heterocycles. The van der Waals surface area contributed by atoms with Crippen molar-refractivity contribution in [1.82, 2.24) is 10.6 Å². The van der Waals surface area contributed by atoms with Crippen LogP contribution < -0.4 is 16.4 Å². The summed E-state index contributed by atoms with van der Waals surface area (Å²) in [5.41, 5.74) is 4.96. The number of nitrogens with one attached hydrogen (secondary N) is 2. The number of hydrogen-bond acceptors (Lipinski definition) is 4. The predicted octanol–water partition coefficient (Wildman–Crippen LogP) is -2.65. The molecule has 0 saturated carbocycles. The molecule has 0 aliphatic carbocycles. The molecule has 1 amide bonds. The van der Waals surface area contributed by atoms with Crippen molar-refractivity contribution >= 4 is 5.91 Å². The van der Waals surface area contributed by atoms with Gasteiger partial charge in [0.25, 0.3) is 0 Å². The van der Waals surface area contributed by atoms with Gasteiger partial charge in [-0.3, -0.25) is 10.1 Å². The minimum absolute atomic E-state index is 0.528. The molecule has 1 heterocycles. The van der Waals surface area contributed by atoms with Gasteiger partial charge in [-0.25, -0.2) is 0 Å². The number of amides is 1. The number of carbonyl (C=O) groups is 1. The maximum absolute atomic E-state index is 10.5. The average Bonchev–Trinajstić information content (AvgIpc) is 1.88. The Bertz CT molecular complexity index is 139. The average molecular weight is 145 g/mol. The molecule has 2 atom stereocenters. The van der Waals surface area contributed by atoms with Crippen molar-refractivity contribution in [3.63, 3.8) is 0 Å². The lowest BCUT2D eigenvalue weighted by molar-refractivity contribution is -0.123. The molecule has 0 aromatic heterocycles. The predicted molar refractivity (Wildman–Crippen MR) is 35.0 cm³/mol. The molecule has 1 saturated heterocycles. The number of nitrogens with two attached hydrogens (primary N) is 1. The van der Waals surface area contributed by atoms with Gasteiger partial charge in [-0.2, -0.15) is 0 Å². The molecule has 1 aliphatic rings. The molecule has 5 nitrogen and oxygen atoms in total. The highest BCUT2D eigenvalue weighted by atomic mass is 16.3. The van der Waals surface area contributed by atoms with E-state index < -0.39 is 18.2 Å². The van der Waals surface area contributed by atoms with E-state index in [0.717, 1.165) is 0 Å². The number of piperazine rings is 1. The number of rotatable bonds is 1. The highest BCUT2D eigenvalue weighted by Crippen LogP contribution is 1.92. The second-order valence-corrected chi connectivity index (χ2v) is 2.23. The lowest BCUT2D eigenvalue weighted by Gasteiger charge is -2.27. The van der Waals surface area contributed by atoms with Gasteiger partial charge in [-0.05, 0) is 0 Å². The summed E-state index contributed by atoms with van der Waals surface area (Å²) in [5.74, 6) is -0.528. The number of aliphatic hydroxyl groups is 1. The van der Waals surface area contributed by atoms with Crippen molar-refractivity contribution in [3.8, 4) is 0 Å². The van der Waals surface area contributed by atoms with Gasteiger partial charge in [0.05, 0.1) is 0 Å². The van der Waals surface area contributed by atoms with Crippen LogP contribution in [0.15, 0.2) is 0 Å². The molecule has 0 spiro atoms. The summed E-state index contributed by atoms with van der Waals surface area (Å²) in [6, 6.07) is -0.645. The quantitative estimate of drug-likeness (QED) is 0.324. The van der Waals surface area contributed by atoms with Gasteiger partial charge in [-0.1, -0.05) is 0 Å². The van der Waals surface area contributed by atoms with Crippen LogP contribution in [0.3, 0.4) is 0 Å². The van der Waals surface area contributed by atoms with Crippen molar-refractivity contribution in [3.05, 3.63) is 0 Å². The Morgan fingerprint density at radius 1 is 1.50 bits per heavy atom. The van der Waals surface area contributed by atoms with Gasteiger partial charge in [0, 0.05) is 13.1 Å². The molecular weight excluding hydrogens is 134 g/mol. The number of carbonyl (C=O) groups excluding carboxylic acids is 1. The van der Waals surface area contributed by atoms with Crippen LogP contribution in [0.2, 0.25) is 0 Å². The van der Waals surface area contributed by atoms with E-state index in [1.54, 1.807) is 0 Å². The van der Waals surface area contributed by atoms with Crippen molar-refractivity contribution in [2.45, 2.75) is 12.3 Å². The molecule has 0 aromatic carbocycles. The fourth-order valence-electron chi connectivity index (χ4n) is 0.933. The van der Waals surface area contributed by atoms with E-state index in [0.29, 0.717) is 13.1 Å². The topological polar surface area (TPSA) is 87.4 Å². The van der Waals surface area contributed by atoms with Gasteiger partial charge >= 0.3 is 0 Å². The zero-order valence-electron chi connectivity index (χ0n) is 5.50. The maximum Gasteiger partial charge on any atom is 0.238 e. The lowest BCUT2D eigenvalue weighted by atomic mass is 10.2. The molecule has 1 rings (SSSR count). The zero-order valence-corrected chi connectivity index (χ0v) is 5.50. The summed E-state index contributed by atoms with van der Waals surface area (Å²) in [6.07, 6.45) is -0.841. The van der Waals surface area contributed by atoms with E-state index in [4.69, 9.17) is 10.8 Å². The summed E-state index contributed by atoms with van der Waals surface area (Å²) < 4.78 is 0. The fraction of sp³-hybridized carbons (Fsp3) is 0.800. The van der Waals surface area contributed by atoms with E-state index in [1.165, 1.54) is 0 Å². The molecule has 5 heteroatoms. The maximum atomic E-state index is 10.5. The molecular formula is C5H11N3O2. The van der Waals surface area contributed by atoms with E-state index in [-0.39, 0.29) is 0 Å². The van der Waals surface area contributed by atoms with Gasteiger partial charge in [0.2, 0.25) is 5.91 Å². The third kappa shape index (κ3) is 1.44. The summed E-state index contributed by atoms with van der Waals surface area (Å²) in [4.78, 5) is 10.5. The molecule has 1 fully saturated rings. The van der Waals surface area contributed by atoms with Crippen LogP contribution in [0.25, 0.3) is 0 Å². The molecule has 0 bridgehead atoms. The van der Waals surface area contributed by atoms with Crippen molar-refractivity contribution in [1.29, 1.82) is 0 Å². The normalized spacial score (nSPS) is 33.7. The Balaban J connectivity index is 2.47. The highest BCUT2D eigenvalue weighted by Gasteiger charge is 2.26. The van der Waals surface area contributed by atoms with Crippen molar-refractivity contribution in [2.75, 3.05) is 13.1 Å². The third-order valence-electron chi connectivity index (χ3n) is 1.46. The monoisotopic (exact) mass is 145 g/mol. The van der Waals surface area contributed by atoms with Crippen LogP contribution in [0.1, 0.15) is 0 Å². The van der Waals surface area contributed by atoms with E-state index in [9.17, 15) is 4.79 Å². The second kappa shape index (κ2) is 2.96. The van der Waals surface area contributed by atoms with Crippen molar-refractivity contribution in [2.24, 2.45) is 5.73 Å². The van der Waals surface area contributed by atoms with Crippen LogP contribution in [0.4, 0.5) is 0 Å². The number of aliphatic hydroxyl groups excluding tert-OH is 1. The third-order valence-corrected chi connectivity index (χ3v) is 1.46. The standard InChI is InChI=1S/C5H11N3O2/c6-4(9)3-5(10)8-2-1-7-3/h3,5,7-8,10H,1-2H2,(H2,6,9). The molecule has 0 aromatic rings. The Hall–Kier alpha value is -0.650. The Labute approximate surface area is 58.6 Å². The van der Waals surface area contributed by atoms with E-state index in [1.807, 2.05) is 0 Å². The first-order valence-corrected chi connectivity index (χ1v) is 3.16. The van der Waals surface area contributed by atoms with Gasteiger partial charge < -0.3 is 16.2 Å². The molecule has 10 heavy (non-hydrogen) atoms. The van der Waals surface area contributed by atoms with Crippen molar-refractivity contribution < 1.29 is 9.90 Å². The first kappa shape index (κ1) is 7.46. The zero-order chi connectivity index (χ0) is 7.56. The Kier molecular flexibility index (Phi) is 2.21. The lowest BCUT2D eigenvalue weighted by Crippen LogP contribution is -2.61.